The van der Waals surface area contributed by atoms with E-state index in [2.05, 4.69) is 6.92 Å². The maximum absolute atomic E-state index is 10.7. The topological polar surface area (TPSA) is 82.5 Å². The fourth-order valence-electron chi connectivity index (χ4n) is 5.06. The molecule has 5 nitrogen and oxygen atoms in total. The van der Waals surface area contributed by atoms with Gasteiger partial charge in [0.2, 0.25) is 0 Å². The molecule has 20 heavy (non-hydrogen) atoms. The average molecular weight is 282 g/mol. The van der Waals surface area contributed by atoms with E-state index >= 15 is 0 Å². The molecule has 3 N–H and O–H groups in total. The SMILES string of the molecule is CC1=C[C@H]2O[C@@H]3[C@H](O)[C@@H](O)C(C)(C34CO4)[C@@]2(CO)CC1. The van der Waals surface area contributed by atoms with Crippen molar-refractivity contribution < 1.29 is 24.8 Å². The summed E-state index contributed by atoms with van der Waals surface area (Å²) in [5, 5.41) is 31.2. The third-order valence-electron chi connectivity index (χ3n) is 6.57. The van der Waals surface area contributed by atoms with E-state index < -0.39 is 34.7 Å². The summed E-state index contributed by atoms with van der Waals surface area (Å²) in [6.45, 7) is 4.42. The number of fused-ring (bicyclic) bond motifs is 2. The van der Waals surface area contributed by atoms with Crippen LogP contribution in [-0.2, 0) is 9.47 Å². The second-order valence-corrected chi connectivity index (χ2v) is 7.12. The molecule has 0 amide bonds. The zero-order valence-electron chi connectivity index (χ0n) is 11.9. The van der Waals surface area contributed by atoms with Gasteiger partial charge in [-0.25, -0.2) is 0 Å². The Balaban J connectivity index is 1.91. The Bertz CT molecular complexity index is 485. The van der Waals surface area contributed by atoms with Gasteiger partial charge in [0.1, 0.15) is 17.8 Å². The van der Waals surface area contributed by atoms with Crippen molar-refractivity contribution in [2.45, 2.75) is 56.7 Å². The van der Waals surface area contributed by atoms with Gasteiger partial charge < -0.3 is 24.8 Å². The van der Waals surface area contributed by atoms with Crippen molar-refractivity contribution in [2.75, 3.05) is 13.2 Å². The second-order valence-electron chi connectivity index (χ2n) is 7.12. The first kappa shape index (κ1) is 13.2. The van der Waals surface area contributed by atoms with Crippen LogP contribution in [0.1, 0.15) is 26.7 Å². The molecule has 2 bridgehead atoms. The monoisotopic (exact) mass is 282 g/mol. The fourth-order valence-corrected chi connectivity index (χ4v) is 5.06. The molecule has 0 radical (unpaired) electrons. The zero-order valence-corrected chi connectivity index (χ0v) is 11.9. The van der Waals surface area contributed by atoms with Crippen molar-refractivity contribution in [2.24, 2.45) is 10.8 Å². The van der Waals surface area contributed by atoms with Crippen molar-refractivity contribution in [1.82, 2.24) is 0 Å². The number of hydrogen-bond donors (Lipinski definition) is 3. The first-order valence-electron chi connectivity index (χ1n) is 7.37. The molecule has 0 aromatic rings. The molecule has 4 aliphatic rings. The van der Waals surface area contributed by atoms with Gasteiger partial charge in [0, 0.05) is 10.8 Å². The Hall–Kier alpha value is -0.460. The van der Waals surface area contributed by atoms with Gasteiger partial charge in [-0.05, 0) is 19.8 Å². The van der Waals surface area contributed by atoms with Crippen LogP contribution in [-0.4, -0.2) is 58.6 Å². The largest absolute Gasteiger partial charge is 0.396 e. The Labute approximate surface area is 118 Å². The molecule has 2 heterocycles. The van der Waals surface area contributed by atoms with E-state index in [4.69, 9.17) is 9.47 Å². The molecule has 5 heteroatoms. The van der Waals surface area contributed by atoms with Crippen LogP contribution in [0.5, 0.6) is 0 Å². The van der Waals surface area contributed by atoms with E-state index in [-0.39, 0.29) is 12.7 Å². The molecule has 2 saturated heterocycles. The third kappa shape index (κ3) is 1.12. The second kappa shape index (κ2) is 3.65. The van der Waals surface area contributed by atoms with Gasteiger partial charge in [-0.3, -0.25) is 0 Å². The van der Waals surface area contributed by atoms with Gasteiger partial charge in [0.15, 0.2) is 0 Å². The minimum atomic E-state index is -0.953. The smallest absolute Gasteiger partial charge is 0.129 e. The number of allylic oxidation sites excluding steroid dienone is 1. The van der Waals surface area contributed by atoms with Gasteiger partial charge in [-0.2, -0.15) is 0 Å². The quantitative estimate of drug-likeness (QED) is 0.465. The maximum atomic E-state index is 10.7. The number of aliphatic hydroxyl groups is 3. The van der Waals surface area contributed by atoms with Gasteiger partial charge in [-0.15, -0.1) is 0 Å². The van der Waals surface area contributed by atoms with Crippen molar-refractivity contribution in [3.05, 3.63) is 11.6 Å². The lowest BCUT2D eigenvalue weighted by Crippen LogP contribution is -2.66. The highest BCUT2D eigenvalue weighted by Crippen LogP contribution is 2.71. The number of hydrogen-bond acceptors (Lipinski definition) is 5. The van der Waals surface area contributed by atoms with Crippen LogP contribution in [0.3, 0.4) is 0 Å². The highest BCUT2D eigenvalue weighted by Gasteiger charge is 2.84. The lowest BCUT2D eigenvalue weighted by Gasteiger charge is -2.57. The molecule has 2 aliphatic heterocycles. The Morgan fingerprint density at radius 1 is 1.40 bits per heavy atom. The van der Waals surface area contributed by atoms with Crippen LogP contribution < -0.4 is 0 Å². The Kier molecular flexibility index (Phi) is 2.41. The van der Waals surface area contributed by atoms with Crippen molar-refractivity contribution >= 4 is 0 Å². The lowest BCUT2D eigenvalue weighted by atomic mass is 9.51. The maximum Gasteiger partial charge on any atom is 0.129 e. The molecule has 7 atom stereocenters. The molecular formula is C15H22O5. The summed E-state index contributed by atoms with van der Waals surface area (Å²) in [7, 11) is 0. The minimum Gasteiger partial charge on any atom is -0.396 e. The van der Waals surface area contributed by atoms with E-state index in [1.807, 2.05) is 13.0 Å². The summed E-state index contributed by atoms with van der Waals surface area (Å²) in [4.78, 5) is 0. The Morgan fingerprint density at radius 3 is 2.70 bits per heavy atom. The highest BCUT2D eigenvalue weighted by atomic mass is 16.6. The van der Waals surface area contributed by atoms with Crippen molar-refractivity contribution in [1.29, 1.82) is 0 Å². The standard InChI is InChI=1S/C15H22O5/c1-8-3-4-14(6-16)9(5-8)20-12-10(17)11(18)13(14,2)15(12)7-19-15/h5,9-12,16-18H,3-4,6-7H2,1-2H3/t9-,10-,11-,12-,13?,14-,15?/m1/s1. The van der Waals surface area contributed by atoms with E-state index in [1.165, 1.54) is 5.57 Å². The minimum absolute atomic E-state index is 0.0699. The molecule has 2 aliphatic carbocycles. The predicted octanol–water partition coefficient (Wildman–Crippen LogP) is -0.0167. The molecule has 112 valence electrons. The molecule has 2 unspecified atom stereocenters. The highest BCUT2D eigenvalue weighted by molar-refractivity contribution is 5.34. The van der Waals surface area contributed by atoms with E-state index in [0.29, 0.717) is 6.61 Å². The van der Waals surface area contributed by atoms with Crippen molar-refractivity contribution in [3.8, 4) is 0 Å². The summed E-state index contributed by atoms with van der Waals surface area (Å²) < 4.78 is 11.8. The number of ether oxygens (including phenoxy) is 2. The van der Waals surface area contributed by atoms with Crippen LogP contribution in [0, 0.1) is 10.8 Å². The molecular weight excluding hydrogens is 260 g/mol. The predicted molar refractivity (Wildman–Crippen MR) is 70.0 cm³/mol. The molecule has 0 aromatic carbocycles. The number of aliphatic hydroxyl groups excluding tert-OH is 3. The molecule has 1 spiro atoms. The van der Waals surface area contributed by atoms with Gasteiger partial charge in [0.25, 0.3) is 0 Å². The van der Waals surface area contributed by atoms with Crippen LogP contribution in [0.2, 0.25) is 0 Å². The number of rotatable bonds is 1. The average Bonchev–Trinajstić information content (AvgIpc) is 3.21. The number of epoxide rings is 1. The molecule has 0 aromatic heterocycles. The van der Waals surface area contributed by atoms with Gasteiger partial charge in [-0.1, -0.05) is 18.6 Å². The van der Waals surface area contributed by atoms with Crippen molar-refractivity contribution in [3.63, 3.8) is 0 Å². The van der Waals surface area contributed by atoms with Gasteiger partial charge >= 0.3 is 0 Å². The lowest BCUT2D eigenvalue weighted by molar-refractivity contribution is -0.226. The van der Waals surface area contributed by atoms with Crippen LogP contribution in [0.25, 0.3) is 0 Å². The summed E-state index contributed by atoms with van der Waals surface area (Å²) in [6, 6.07) is 0. The van der Waals surface area contributed by atoms with Crippen LogP contribution in [0.15, 0.2) is 11.6 Å². The first-order valence-corrected chi connectivity index (χ1v) is 7.37. The van der Waals surface area contributed by atoms with E-state index in [9.17, 15) is 15.3 Å². The normalized spacial score (nSPS) is 60.4. The van der Waals surface area contributed by atoms with Crippen LogP contribution in [0.4, 0.5) is 0 Å². The van der Waals surface area contributed by atoms with E-state index in [1.54, 1.807) is 0 Å². The molecule has 4 rings (SSSR count). The summed E-state index contributed by atoms with van der Waals surface area (Å²) in [5.74, 6) is 0. The molecule has 3 fully saturated rings. The third-order valence-corrected chi connectivity index (χ3v) is 6.57. The summed E-state index contributed by atoms with van der Waals surface area (Å²) in [5.41, 5.74) is -0.668. The summed E-state index contributed by atoms with van der Waals surface area (Å²) >= 11 is 0. The van der Waals surface area contributed by atoms with E-state index in [0.717, 1.165) is 12.8 Å². The summed E-state index contributed by atoms with van der Waals surface area (Å²) in [6.07, 6.45) is 1.01. The van der Waals surface area contributed by atoms with Gasteiger partial charge in [0.05, 0.1) is 25.4 Å². The first-order chi connectivity index (χ1) is 9.43. The zero-order chi connectivity index (χ0) is 14.3. The Morgan fingerprint density at radius 2 is 2.10 bits per heavy atom. The molecule has 1 saturated carbocycles. The fraction of sp³-hybridized carbons (Fsp3) is 0.867. The van der Waals surface area contributed by atoms with Crippen LogP contribution >= 0.6 is 0 Å².